The summed E-state index contributed by atoms with van der Waals surface area (Å²) in [6.07, 6.45) is 1.38. The van der Waals surface area contributed by atoms with Crippen molar-refractivity contribution in [1.29, 1.82) is 0 Å². The van der Waals surface area contributed by atoms with E-state index < -0.39 is 5.97 Å². The Morgan fingerprint density at radius 3 is 2.45 bits per heavy atom. The minimum absolute atomic E-state index is 0.283. The van der Waals surface area contributed by atoms with Crippen molar-refractivity contribution in [3.8, 4) is 0 Å². The van der Waals surface area contributed by atoms with Gasteiger partial charge >= 0.3 is 5.97 Å². The Hall–Kier alpha value is -1.06. The number of carbonyl (C=O) groups excluding carboxylic acids is 2. The number of amides is 1. The highest BCUT2D eigenvalue weighted by Gasteiger charge is 2.02. The largest absolute Gasteiger partial charge is 0.341 e. The highest BCUT2D eigenvalue weighted by atomic mass is 16.7. The fraction of sp³-hybridized carbons (Fsp3) is 0.714. The molecule has 0 spiro atoms. The first-order valence-corrected chi connectivity index (χ1v) is 3.69. The Morgan fingerprint density at radius 2 is 2.00 bits per heavy atom. The molecule has 0 aliphatic heterocycles. The molecular formula is C7H13NO3. The summed E-state index contributed by atoms with van der Waals surface area (Å²) in [4.78, 5) is 25.6. The molecule has 0 saturated carbocycles. The number of rotatable bonds is 3. The van der Waals surface area contributed by atoms with E-state index >= 15 is 0 Å². The van der Waals surface area contributed by atoms with Gasteiger partial charge < -0.3 is 4.84 Å². The minimum Gasteiger partial charge on any atom is -0.341 e. The molecule has 0 atom stereocenters. The van der Waals surface area contributed by atoms with Crippen LogP contribution in [0.2, 0.25) is 0 Å². The van der Waals surface area contributed by atoms with Gasteiger partial charge in [-0.3, -0.25) is 4.79 Å². The van der Waals surface area contributed by atoms with Crippen molar-refractivity contribution >= 4 is 11.9 Å². The number of hydrogen-bond donors (Lipinski definition) is 1. The highest BCUT2D eigenvalue weighted by Crippen LogP contribution is 1.88. The molecule has 1 amide bonds. The zero-order valence-corrected chi connectivity index (χ0v) is 6.85. The van der Waals surface area contributed by atoms with Crippen LogP contribution >= 0.6 is 0 Å². The molecule has 0 saturated heterocycles. The molecule has 0 aromatic heterocycles. The van der Waals surface area contributed by atoms with Crippen LogP contribution in [0.15, 0.2) is 0 Å². The highest BCUT2D eigenvalue weighted by molar-refractivity contribution is 5.77. The van der Waals surface area contributed by atoms with E-state index in [0.717, 1.165) is 6.42 Å². The molecule has 1 N–H and O–H groups in total. The maximum atomic E-state index is 10.6. The van der Waals surface area contributed by atoms with Gasteiger partial charge in [0.25, 0.3) is 5.91 Å². The molecule has 0 bridgehead atoms. The van der Waals surface area contributed by atoms with Crippen LogP contribution in [0.5, 0.6) is 0 Å². The van der Waals surface area contributed by atoms with Crippen molar-refractivity contribution in [3.05, 3.63) is 0 Å². The van der Waals surface area contributed by atoms with Gasteiger partial charge in [-0.2, -0.15) is 5.48 Å². The maximum absolute atomic E-state index is 10.6. The Kier molecular flexibility index (Phi) is 5.15. The van der Waals surface area contributed by atoms with Crippen molar-refractivity contribution in [2.45, 2.75) is 33.1 Å². The molecule has 11 heavy (non-hydrogen) atoms. The van der Waals surface area contributed by atoms with E-state index in [1.54, 1.807) is 6.92 Å². The lowest BCUT2D eigenvalue weighted by Crippen LogP contribution is -2.25. The summed E-state index contributed by atoms with van der Waals surface area (Å²) in [6, 6.07) is 0. The molecule has 64 valence electrons. The molecule has 0 unspecified atom stereocenters. The van der Waals surface area contributed by atoms with Gasteiger partial charge in [0.05, 0.1) is 0 Å². The van der Waals surface area contributed by atoms with Gasteiger partial charge in [-0.1, -0.05) is 13.8 Å². The fourth-order valence-corrected chi connectivity index (χ4v) is 0.441. The predicted octanol–water partition coefficient (Wildman–Crippen LogP) is 0.771. The van der Waals surface area contributed by atoms with Crippen LogP contribution in [0.1, 0.15) is 33.1 Å². The van der Waals surface area contributed by atoms with Crippen LogP contribution in [-0.2, 0) is 14.4 Å². The standard InChI is InChI=1S/C7H13NO3/c1-3-5-7(10)11-8-6(9)4-2/h3-5H2,1-2H3,(H,8,9). The van der Waals surface area contributed by atoms with E-state index in [2.05, 4.69) is 4.84 Å². The Balaban J connectivity index is 3.38. The van der Waals surface area contributed by atoms with Crippen molar-refractivity contribution < 1.29 is 14.4 Å². The maximum Gasteiger partial charge on any atom is 0.332 e. The summed E-state index contributed by atoms with van der Waals surface area (Å²) in [5.41, 5.74) is 2.03. The quantitative estimate of drug-likeness (QED) is 0.619. The Labute approximate surface area is 65.9 Å². The molecule has 0 aliphatic carbocycles. The van der Waals surface area contributed by atoms with Gasteiger partial charge in [0.1, 0.15) is 0 Å². The second-order valence-corrected chi connectivity index (χ2v) is 2.10. The van der Waals surface area contributed by atoms with Gasteiger partial charge in [-0.15, -0.1) is 0 Å². The molecule has 0 rings (SSSR count). The summed E-state index contributed by atoms with van der Waals surface area (Å²) in [5, 5.41) is 0. The van der Waals surface area contributed by atoms with Crippen molar-refractivity contribution in [3.63, 3.8) is 0 Å². The molecule has 0 heterocycles. The molecule has 0 aromatic rings. The number of carbonyl (C=O) groups is 2. The summed E-state index contributed by atoms with van der Waals surface area (Å²) >= 11 is 0. The summed E-state index contributed by atoms with van der Waals surface area (Å²) in [6.45, 7) is 3.55. The zero-order chi connectivity index (χ0) is 8.69. The Bertz CT molecular complexity index is 145. The van der Waals surface area contributed by atoms with E-state index in [1.165, 1.54) is 0 Å². The first-order valence-electron chi connectivity index (χ1n) is 3.69. The molecule has 4 nitrogen and oxygen atoms in total. The Morgan fingerprint density at radius 1 is 1.36 bits per heavy atom. The predicted molar refractivity (Wildman–Crippen MR) is 39.4 cm³/mol. The second-order valence-electron chi connectivity index (χ2n) is 2.10. The van der Waals surface area contributed by atoms with Crippen molar-refractivity contribution in [2.75, 3.05) is 0 Å². The molecule has 0 fully saturated rings. The first kappa shape index (κ1) is 9.94. The molecule has 0 radical (unpaired) electrons. The van der Waals surface area contributed by atoms with Gasteiger partial charge in [0, 0.05) is 12.8 Å². The number of hydroxylamine groups is 1. The number of nitrogens with one attached hydrogen (secondary N) is 1. The van der Waals surface area contributed by atoms with Crippen LogP contribution in [0.25, 0.3) is 0 Å². The summed E-state index contributed by atoms with van der Waals surface area (Å²) in [5.74, 6) is -0.677. The van der Waals surface area contributed by atoms with Crippen LogP contribution < -0.4 is 5.48 Å². The zero-order valence-electron chi connectivity index (χ0n) is 6.85. The van der Waals surface area contributed by atoms with Crippen LogP contribution in [0.4, 0.5) is 0 Å². The van der Waals surface area contributed by atoms with Crippen molar-refractivity contribution in [2.24, 2.45) is 0 Å². The lowest BCUT2D eigenvalue weighted by molar-refractivity contribution is -0.158. The third kappa shape index (κ3) is 5.39. The lowest BCUT2D eigenvalue weighted by Gasteiger charge is -2.01. The molecular weight excluding hydrogens is 146 g/mol. The van der Waals surface area contributed by atoms with Gasteiger partial charge in [0.15, 0.2) is 0 Å². The third-order valence-corrected chi connectivity index (χ3v) is 1.05. The van der Waals surface area contributed by atoms with Crippen LogP contribution in [0.3, 0.4) is 0 Å². The van der Waals surface area contributed by atoms with Crippen LogP contribution in [-0.4, -0.2) is 11.9 Å². The fourth-order valence-electron chi connectivity index (χ4n) is 0.441. The summed E-state index contributed by atoms with van der Waals surface area (Å²) < 4.78 is 0. The van der Waals surface area contributed by atoms with E-state index in [4.69, 9.17) is 0 Å². The van der Waals surface area contributed by atoms with E-state index in [1.807, 2.05) is 12.4 Å². The van der Waals surface area contributed by atoms with E-state index in [9.17, 15) is 9.59 Å². The SMILES string of the molecule is CCCC(=O)ONC(=O)CC. The minimum atomic E-state index is -0.394. The lowest BCUT2D eigenvalue weighted by atomic mass is 10.3. The second kappa shape index (κ2) is 5.70. The molecule has 4 heteroatoms. The monoisotopic (exact) mass is 159 g/mol. The molecule has 0 aromatic carbocycles. The van der Waals surface area contributed by atoms with Gasteiger partial charge in [-0.05, 0) is 6.42 Å². The average Bonchev–Trinajstić information content (AvgIpc) is 2.01. The number of hydrogen-bond acceptors (Lipinski definition) is 3. The van der Waals surface area contributed by atoms with Crippen molar-refractivity contribution in [1.82, 2.24) is 5.48 Å². The third-order valence-electron chi connectivity index (χ3n) is 1.05. The normalized spacial score (nSPS) is 8.91. The van der Waals surface area contributed by atoms with Gasteiger partial charge in [-0.25, -0.2) is 4.79 Å². The smallest absolute Gasteiger partial charge is 0.332 e. The van der Waals surface area contributed by atoms with Crippen LogP contribution in [0, 0.1) is 0 Å². The first-order chi connectivity index (χ1) is 5.20. The summed E-state index contributed by atoms with van der Waals surface area (Å²) in [7, 11) is 0. The topological polar surface area (TPSA) is 55.4 Å². The average molecular weight is 159 g/mol. The van der Waals surface area contributed by atoms with E-state index in [0.29, 0.717) is 12.8 Å². The van der Waals surface area contributed by atoms with E-state index in [-0.39, 0.29) is 5.91 Å². The molecule has 0 aliphatic rings. The van der Waals surface area contributed by atoms with Gasteiger partial charge in [0.2, 0.25) is 0 Å².